The smallest absolute Gasteiger partial charge is 0.344 e. The van der Waals surface area contributed by atoms with Crippen LogP contribution in [0.4, 0.5) is 0 Å². The van der Waals surface area contributed by atoms with Crippen LogP contribution in [0, 0.1) is 53.3 Å². The maximum atomic E-state index is 13.3. The zero-order valence-electron chi connectivity index (χ0n) is 33.7. The minimum absolute atomic E-state index is 0.113. The summed E-state index contributed by atoms with van der Waals surface area (Å²) in [6, 6.07) is 12.0. The van der Waals surface area contributed by atoms with E-state index in [0.29, 0.717) is 39.4 Å². The molecular formula is C47H62O7. The zero-order chi connectivity index (χ0) is 38.2. The number of allylic oxidation sites excluding steroid dienone is 1. The molecular weight excluding hydrogens is 677 g/mol. The molecule has 8 atom stereocenters. The summed E-state index contributed by atoms with van der Waals surface area (Å²) in [5.74, 6) is 6.50. The van der Waals surface area contributed by atoms with Crippen LogP contribution >= 0.6 is 0 Å². The summed E-state index contributed by atoms with van der Waals surface area (Å²) in [5.41, 5.74) is 2.27. The summed E-state index contributed by atoms with van der Waals surface area (Å²) in [6.45, 7) is 13.9. The van der Waals surface area contributed by atoms with Gasteiger partial charge in [0.15, 0.2) is 6.61 Å². The molecule has 0 aliphatic heterocycles. The van der Waals surface area contributed by atoms with E-state index in [-0.39, 0.29) is 35.3 Å². The maximum absolute atomic E-state index is 13.3. The molecule has 7 nitrogen and oxygen atoms in total. The summed E-state index contributed by atoms with van der Waals surface area (Å²) in [6.07, 6.45) is 17.5. The molecule has 7 rings (SSSR count). The molecule has 1 heterocycles. The topological polar surface area (TPSA) is 84.2 Å². The highest BCUT2D eigenvalue weighted by Crippen LogP contribution is 2.65. The Morgan fingerprint density at radius 1 is 0.944 bits per heavy atom. The molecule has 0 spiro atoms. The van der Waals surface area contributed by atoms with Gasteiger partial charge in [-0.05, 0) is 129 Å². The number of ether oxygens (including phenoxy) is 4. The predicted octanol–water partition coefficient (Wildman–Crippen LogP) is 11.6. The van der Waals surface area contributed by atoms with Crippen molar-refractivity contribution in [3.05, 3.63) is 70.1 Å². The van der Waals surface area contributed by atoms with E-state index in [2.05, 4.69) is 40.7 Å². The first-order valence-electron chi connectivity index (χ1n) is 20.8. The number of hydrogen-bond acceptors (Lipinski definition) is 7. The third kappa shape index (κ3) is 7.84. The molecule has 0 saturated heterocycles. The second kappa shape index (κ2) is 15.8. The summed E-state index contributed by atoms with van der Waals surface area (Å²) < 4.78 is 29.0. The lowest BCUT2D eigenvalue weighted by molar-refractivity contribution is -0.154. The zero-order valence-corrected chi connectivity index (χ0v) is 33.7. The number of carbonyl (C=O) groups excluding carboxylic acids is 1. The SMILES string of the molecule is COc1cccc(Oc2c(C)oc3cc(OCC(=O)O[C@H]4CC[C@@]5(C)C(=CC[C@@H]6[C@H]7CC[C@H]([C@H](C)CCCC(C)C)C[C@@]7(C)CC[C@@H]65)C4)ccc3c2=O)c1. The summed E-state index contributed by atoms with van der Waals surface area (Å²) in [7, 11) is 1.58. The minimum atomic E-state index is -0.374. The maximum Gasteiger partial charge on any atom is 0.344 e. The Bertz CT molecular complexity index is 1910. The second-order valence-corrected chi connectivity index (χ2v) is 18.2. The Morgan fingerprint density at radius 2 is 1.76 bits per heavy atom. The Balaban J connectivity index is 0.933. The summed E-state index contributed by atoms with van der Waals surface area (Å²) in [5, 5.41) is 0.360. The van der Waals surface area contributed by atoms with Crippen LogP contribution in [0.25, 0.3) is 11.0 Å². The van der Waals surface area contributed by atoms with Gasteiger partial charge in [-0.3, -0.25) is 4.79 Å². The molecule has 0 amide bonds. The molecule has 3 saturated carbocycles. The van der Waals surface area contributed by atoms with Gasteiger partial charge in [0.25, 0.3) is 0 Å². The van der Waals surface area contributed by atoms with E-state index < -0.39 is 0 Å². The van der Waals surface area contributed by atoms with Crippen molar-refractivity contribution in [3.63, 3.8) is 0 Å². The molecule has 4 aliphatic carbocycles. The largest absolute Gasteiger partial charge is 0.497 e. The molecule has 1 aromatic heterocycles. The van der Waals surface area contributed by atoms with Crippen molar-refractivity contribution in [1.29, 1.82) is 0 Å². The van der Waals surface area contributed by atoms with Crippen LogP contribution in [-0.4, -0.2) is 25.8 Å². The van der Waals surface area contributed by atoms with E-state index in [1.807, 2.05) is 0 Å². The highest BCUT2D eigenvalue weighted by atomic mass is 16.6. The predicted molar refractivity (Wildman–Crippen MR) is 213 cm³/mol. The summed E-state index contributed by atoms with van der Waals surface area (Å²) in [4.78, 5) is 26.4. The lowest BCUT2D eigenvalue weighted by Crippen LogP contribution is -2.52. The highest BCUT2D eigenvalue weighted by Gasteiger charge is 2.56. The molecule has 0 bridgehead atoms. The van der Waals surface area contributed by atoms with E-state index in [4.69, 9.17) is 23.4 Å². The highest BCUT2D eigenvalue weighted by molar-refractivity contribution is 5.80. The van der Waals surface area contributed by atoms with Crippen molar-refractivity contribution in [2.75, 3.05) is 13.7 Å². The minimum Gasteiger partial charge on any atom is -0.497 e. The number of rotatable bonds is 12. The normalized spacial score (nSPS) is 29.7. The van der Waals surface area contributed by atoms with Gasteiger partial charge in [-0.25, -0.2) is 4.79 Å². The van der Waals surface area contributed by atoms with Gasteiger partial charge in [-0.15, -0.1) is 0 Å². The number of carbonyl (C=O) groups is 1. The molecule has 0 radical (unpaired) electrons. The quantitative estimate of drug-likeness (QED) is 0.135. The van der Waals surface area contributed by atoms with Crippen LogP contribution in [0.1, 0.15) is 117 Å². The molecule has 2 aromatic carbocycles. The first-order valence-corrected chi connectivity index (χ1v) is 20.8. The lowest BCUT2D eigenvalue weighted by Gasteiger charge is -2.61. The molecule has 7 heteroatoms. The van der Waals surface area contributed by atoms with Gasteiger partial charge < -0.3 is 23.4 Å². The average molecular weight is 739 g/mol. The molecule has 3 fully saturated rings. The fraction of sp³-hybridized carbons (Fsp3) is 0.617. The molecule has 3 aromatic rings. The van der Waals surface area contributed by atoms with E-state index >= 15 is 0 Å². The van der Waals surface area contributed by atoms with Crippen molar-refractivity contribution >= 4 is 16.9 Å². The van der Waals surface area contributed by atoms with E-state index in [9.17, 15) is 9.59 Å². The van der Waals surface area contributed by atoms with E-state index in [1.165, 1.54) is 63.4 Å². The van der Waals surface area contributed by atoms with Crippen molar-refractivity contribution < 1.29 is 28.2 Å². The van der Waals surface area contributed by atoms with Crippen LogP contribution in [0.3, 0.4) is 0 Å². The first-order chi connectivity index (χ1) is 25.9. The Labute approximate surface area is 322 Å². The third-order valence-corrected chi connectivity index (χ3v) is 14.3. The van der Waals surface area contributed by atoms with Crippen LogP contribution in [0.15, 0.2) is 63.3 Å². The monoisotopic (exact) mass is 738 g/mol. The molecule has 54 heavy (non-hydrogen) atoms. The van der Waals surface area contributed by atoms with Crippen molar-refractivity contribution in [3.8, 4) is 23.0 Å². The molecule has 0 unspecified atom stereocenters. The number of esters is 1. The van der Waals surface area contributed by atoms with E-state index in [0.717, 1.165) is 54.8 Å². The van der Waals surface area contributed by atoms with Gasteiger partial charge in [0.1, 0.15) is 34.7 Å². The van der Waals surface area contributed by atoms with Gasteiger partial charge in [0.05, 0.1) is 12.5 Å². The Kier molecular flexibility index (Phi) is 11.3. The van der Waals surface area contributed by atoms with Crippen molar-refractivity contribution in [2.24, 2.45) is 46.3 Å². The molecule has 0 N–H and O–H groups in total. The van der Waals surface area contributed by atoms with Crippen LogP contribution in [0.2, 0.25) is 0 Å². The van der Waals surface area contributed by atoms with E-state index in [1.54, 1.807) is 56.5 Å². The van der Waals surface area contributed by atoms with Gasteiger partial charge >= 0.3 is 5.97 Å². The average Bonchev–Trinajstić information content (AvgIpc) is 3.15. The van der Waals surface area contributed by atoms with Crippen molar-refractivity contribution in [1.82, 2.24) is 0 Å². The number of hydrogen-bond donors (Lipinski definition) is 0. The lowest BCUT2D eigenvalue weighted by atomic mass is 9.44. The number of benzene rings is 2. The van der Waals surface area contributed by atoms with Gasteiger partial charge in [-0.2, -0.15) is 0 Å². The Morgan fingerprint density at radius 3 is 2.56 bits per heavy atom. The standard InChI is InChI=1S/C47H62O7/c1-29(2)10-8-11-30(3)32-14-19-40-38-17-15-33-24-37(20-23-47(33,6)41(38)21-22-46(40,5)27-32)53-43(48)28-51-35-16-18-39-42(26-35)52-31(4)45(44(39)49)54-36-13-9-12-34(25-36)50-7/h9,12-13,15-16,18,25-26,29-30,32,37-38,40-41H,8,10-11,14,17,19-24,27-28H2,1-7H3/t30-,32+,37+,38-,40-,41+,46-,47+/m1/s1. The number of aryl methyl sites for hydroxylation is 1. The van der Waals surface area contributed by atoms with Crippen LogP contribution < -0.4 is 19.6 Å². The molecule has 4 aliphatic rings. The first kappa shape index (κ1) is 38.5. The fourth-order valence-corrected chi connectivity index (χ4v) is 11.2. The number of methoxy groups -OCH3 is 1. The van der Waals surface area contributed by atoms with Crippen LogP contribution in [0.5, 0.6) is 23.0 Å². The Hall–Kier alpha value is -3.74. The van der Waals surface area contributed by atoms with Crippen LogP contribution in [-0.2, 0) is 9.53 Å². The molecule has 292 valence electrons. The summed E-state index contributed by atoms with van der Waals surface area (Å²) >= 11 is 0. The fourth-order valence-electron chi connectivity index (χ4n) is 11.2. The van der Waals surface area contributed by atoms with Gasteiger partial charge in [0, 0.05) is 18.6 Å². The van der Waals surface area contributed by atoms with Crippen molar-refractivity contribution in [2.45, 2.75) is 125 Å². The number of fused-ring (bicyclic) bond motifs is 6. The van der Waals surface area contributed by atoms with Gasteiger partial charge in [0.2, 0.25) is 11.2 Å². The second-order valence-electron chi connectivity index (χ2n) is 18.2. The third-order valence-electron chi connectivity index (χ3n) is 14.3. The van der Waals surface area contributed by atoms with Gasteiger partial charge in [-0.1, -0.05) is 71.6 Å².